The summed E-state index contributed by atoms with van der Waals surface area (Å²) in [7, 11) is 0. The quantitative estimate of drug-likeness (QED) is 0.888. The average molecular weight is 352 g/mol. The molecule has 4 atom stereocenters. The first-order valence-corrected chi connectivity index (χ1v) is 10.2. The molecule has 2 N–H and O–H groups in total. The van der Waals surface area contributed by atoms with E-state index in [0.717, 1.165) is 55.0 Å². The molecular weight excluding hydrogens is 324 g/mol. The Morgan fingerprint density at radius 2 is 2.12 bits per heavy atom. The molecule has 2 heterocycles. The van der Waals surface area contributed by atoms with Crippen LogP contribution in [0.5, 0.6) is 0 Å². The lowest BCUT2D eigenvalue weighted by molar-refractivity contribution is -0.123. The van der Waals surface area contributed by atoms with Gasteiger partial charge in [-0.2, -0.15) is 0 Å². The second-order valence-electron chi connectivity index (χ2n) is 8.53. The number of aromatic nitrogens is 2. The van der Waals surface area contributed by atoms with Crippen LogP contribution in [0.1, 0.15) is 56.7 Å². The number of fused-ring (bicyclic) bond motifs is 3. The van der Waals surface area contributed by atoms with E-state index in [1.54, 1.807) is 0 Å². The van der Waals surface area contributed by atoms with Crippen LogP contribution >= 0.6 is 0 Å². The number of carbonyl (C=O) groups is 1. The first-order chi connectivity index (χ1) is 12.7. The Morgan fingerprint density at radius 1 is 1.19 bits per heavy atom. The molecule has 1 aromatic heterocycles. The predicted octanol–water partition coefficient (Wildman–Crippen LogP) is 3.19. The van der Waals surface area contributed by atoms with Crippen molar-refractivity contribution in [3.8, 4) is 0 Å². The summed E-state index contributed by atoms with van der Waals surface area (Å²) < 4.78 is 0. The summed E-state index contributed by atoms with van der Waals surface area (Å²) in [6.07, 6.45) is 8.36. The maximum absolute atomic E-state index is 12.6. The van der Waals surface area contributed by atoms with Gasteiger partial charge >= 0.3 is 0 Å². The van der Waals surface area contributed by atoms with E-state index in [-0.39, 0.29) is 11.9 Å². The van der Waals surface area contributed by atoms with Gasteiger partial charge in [0.1, 0.15) is 5.82 Å². The van der Waals surface area contributed by atoms with Gasteiger partial charge in [0.25, 0.3) is 0 Å². The minimum Gasteiger partial charge on any atom is -0.352 e. The molecule has 1 aliphatic heterocycles. The van der Waals surface area contributed by atoms with Gasteiger partial charge in [-0.05, 0) is 56.6 Å². The maximum Gasteiger partial charge on any atom is 0.234 e. The van der Waals surface area contributed by atoms with Crippen molar-refractivity contribution in [2.45, 2.75) is 62.9 Å². The van der Waals surface area contributed by atoms with Crippen molar-refractivity contribution < 1.29 is 4.79 Å². The molecule has 5 heteroatoms. The third-order valence-electron chi connectivity index (χ3n) is 6.70. The van der Waals surface area contributed by atoms with E-state index in [1.807, 2.05) is 12.1 Å². The lowest BCUT2D eigenvalue weighted by Gasteiger charge is -2.30. The Balaban J connectivity index is 1.19. The van der Waals surface area contributed by atoms with Gasteiger partial charge in [-0.25, -0.2) is 4.98 Å². The first kappa shape index (κ1) is 16.3. The number of H-pyrrole nitrogens is 1. The van der Waals surface area contributed by atoms with Gasteiger partial charge < -0.3 is 10.3 Å². The van der Waals surface area contributed by atoms with Crippen molar-refractivity contribution in [1.29, 1.82) is 0 Å². The van der Waals surface area contributed by atoms with E-state index >= 15 is 0 Å². The number of carbonyl (C=O) groups excluding carboxylic acids is 1. The summed E-state index contributed by atoms with van der Waals surface area (Å²) in [5.41, 5.74) is 2.15. The molecule has 5 nitrogen and oxygen atoms in total. The first-order valence-electron chi connectivity index (χ1n) is 10.2. The molecule has 2 unspecified atom stereocenters. The highest BCUT2D eigenvalue weighted by atomic mass is 16.2. The molecule has 2 aromatic rings. The normalized spacial score (nSPS) is 31.5. The van der Waals surface area contributed by atoms with Crippen molar-refractivity contribution in [3.63, 3.8) is 0 Å². The topological polar surface area (TPSA) is 61.0 Å². The van der Waals surface area contributed by atoms with Gasteiger partial charge in [0.2, 0.25) is 5.91 Å². The van der Waals surface area contributed by atoms with Crippen LogP contribution in [0.3, 0.4) is 0 Å². The number of piperidine rings is 1. The fourth-order valence-electron chi connectivity index (χ4n) is 5.41. The second kappa shape index (κ2) is 6.69. The number of likely N-dealkylation sites (tertiary alicyclic amines) is 1. The Morgan fingerprint density at radius 3 is 2.92 bits per heavy atom. The molecule has 3 fully saturated rings. The van der Waals surface area contributed by atoms with Crippen LogP contribution in [0.25, 0.3) is 11.0 Å². The number of rotatable bonds is 4. The van der Waals surface area contributed by atoms with Crippen molar-refractivity contribution >= 4 is 16.9 Å². The molecule has 1 saturated heterocycles. The smallest absolute Gasteiger partial charge is 0.234 e. The summed E-state index contributed by atoms with van der Waals surface area (Å²) in [6.45, 7) is 1.72. The molecular formula is C21H28N4O. The molecule has 2 saturated carbocycles. The van der Waals surface area contributed by atoms with E-state index in [9.17, 15) is 4.79 Å². The number of amides is 1. The van der Waals surface area contributed by atoms with E-state index in [0.29, 0.717) is 18.5 Å². The number of hydrogen-bond acceptors (Lipinski definition) is 3. The van der Waals surface area contributed by atoms with Crippen molar-refractivity contribution in [2.24, 2.45) is 5.92 Å². The highest BCUT2D eigenvalue weighted by Crippen LogP contribution is 2.37. The monoisotopic (exact) mass is 352 g/mol. The Kier molecular flexibility index (Phi) is 4.20. The van der Waals surface area contributed by atoms with Crippen LogP contribution in [0.15, 0.2) is 24.3 Å². The summed E-state index contributed by atoms with van der Waals surface area (Å²) in [4.78, 5) is 23.2. The number of nitrogens with zero attached hydrogens (tertiary/aromatic N) is 2. The molecule has 2 bridgehead atoms. The molecule has 26 heavy (non-hydrogen) atoms. The summed E-state index contributed by atoms with van der Waals surface area (Å²) in [6, 6.07) is 9.16. The second-order valence-corrected chi connectivity index (χ2v) is 8.53. The zero-order chi connectivity index (χ0) is 17.5. The number of aromatic amines is 1. The van der Waals surface area contributed by atoms with Gasteiger partial charge in [-0.3, -0.25) is 9.69 Å². The molecule has 138 valence electrons. The number of para-hydroxylation sites is 2. The zero-order valence-electron chi connectivity index (χ0n) is 15.3. The Labute approximate surface area is 154 Å². The number of benzene rings is 1. The van der Waals surface area contributed by atoms with Gasteiger partial charge in [0.05, 0.1) is 17.6 Å². The highest BCUT2D eigenvalue weighted by molar-refractivity contribution is 5.78. The Bertz CT molecular complexity index is 767. The van der Waals surface area contributed by atoms with Crippen LogP contribution in [-0.4, -0.2) is 45.9 Å². The van der Waals surface area contributed by atoms with Gasteiger partial charge in [0, 0.05) is 24.5 Å². The van der Waals surface area contributed by atoms with E-state index in [2.05, 4.69) is 27.3 Å². The zero-order valence-corrected chi connectivity index (χ0v) is 15.3. The van der Waals surface area contributed by atoms with Crippen LogP contribution in [0.2, 0.25) is 0 Å². The largest absolute Gasteiger partial charge is 0.352 e. The number of imidazole rings is 1. The minimum atomic E-state index is 0.216. The van der Waals surface area contributed by atoms with E-state index in [1.165, 1.54) is 19.3 Å². The number of nitrogens with one attached hydrogen (secondary N) is 2. The van der Waals surface area contributed by atoms with Crippen LogP contribution in [0.4, 0.5) is 0 Å². The van der Waals surface area contributed by atoms with Gasteiger partial charge in [-0.1, -0.05) is 18.6 Å². The van der Waals surface area contributed by atoms with Crippen LogP contribution in [-0.2, 0) is 4.79 Å². The van der Waals surface area contributed by atoms with Gasteiger partial charge in [-0.15, -0.1) is 0 Å². The molecule has 1 amide bonds. The Hall–Kier alpha value is -1.88. The van der Waals surface area contributed by atoms with Crippen molar-refractivity contribution in [1.82, 2.24) is 20.2 Å². The minimum absolute atomic E-state index is 0.216. The molecule has 0 spiro atoms. The molecule has 0 radical (unpaired) electrons. The summed E-state index contributed by atoms with van der Waals surface area (Å²) in [5.74, 6) is 2.57. The highest BCUT2D eigenvalue weighted by Gasteiger charge is 2.38. The van der Waals surface area contributed by atoms with Gasteiger partial charge in [0.15, 0.2) is 0 Å². The van der Waals surface area contributed by atoms with E-state index < -0.39 is 0 Å². The lowest BCUT2D eigenvalue weighted by Crippen LogP contribution is -2.45. The fraction of sp³-hybridized carbons (Fsp3) is 0.619. The molecule has 3 aliphatic rings. The predicted molar refractivity (Wildman–Crippen MR) is 102 cm³/mol. The molecule has 5 rings (SSSR count). The fourth-order valence-corrected chi connectivity index (χ4v) is 5.41. The maximum atomic E-state index is 12.6. The van der Waals surface area contributed by atoms with E-state index in [4.69, 9.17) is 4.98 Å². The van der Waals surface area contributed by atoms with Crippen LogP contribution < -0.4 is 5.32 Å². The average Bonchev–Trinajstić information content (AvgIpc) is 3.36. The SMILES string of the molecule is O=C(CN1C[C@@H]2CC[C@H]1C2)NC1CCCC(c2nc3ccccc3[nH]2)C1. The third-order valence-corrected chi connectivity index (χ3v) is 6.70. The lowest BCUT2D eigenvalue weighted by atomic mass is 9.85. The van der Waals surface area contributed by atoms with Crippen molar-refractivity contribution in [2.75, 3.05) is 13.1 Å². The van der Waals surface area contributed by atoms with Crippen LogP contribution in [0, 0.1) is 5.92 Å². The molecule has 2 aliphatic carbocycles. The van der Waals surface area contributed by atoms with Crippen molar-refractivity contribution in [3.05, 3.63) is 30.1 Å². The third kappa shape index (κ3) is 3.13. The number of hydrogen-bond donors (Lipinski definition) is 2. The summed E-state index contributed by atoms with van der Waals surface area (Å²) in [5, 5.41) is 3.32. The standard InChI is InChI=1S/C21H28N4O/c26-20(13-25-12-14-8-9-17(25)10-14)22-16-5-3-4-15(11-16)21-23-18-6-1-2-7-19(18)24-21/h1-2,6-7,14-17H,3-5,8-13H2,(H,22,26)(H,23,24)/t14-,15?,16?,17+/m1/s1. The molecule has 1 aromatic carbocycles. The summed E-state index contributed by atoms with van der Waals surface area (Å²) >= 11 is 0.